The normalized spacial score (nSPS) is 18.9. The quantitative estimate of drug-likeness (QED) is 0.342. The minimum atomic E-state index is -0.904. The van der Waals surface area contributed by atoms with E-state index in [0.717, 1.165) is 4.90 Å². The summed E-state index contributed by atoms with van der Waals surface area (Å²) in [5.41, 5.74) is 1.19. The number of benzene rings is 2. The van der Waals surface area contributed by atoms with Crippen molar-refractivity contribution >= 4 is 29.3 Å². The van der Waals surface area contributed by atoms with Crippen molar-refractivity contribution in [1.29, 1.82) is 0 Å². The lowest BCUT2D eigenvalue weighted by Crippen LogP contribution is -2.39. The number of amides is 2. The van der Waals surface area contributed by atoms with Gasteiger partial charge in [-0.15, -0.1) is 11.8 Å². The number of ether oxygens (including phenoxy) is 2. The highest BCUT2D eigenvalue weighted by Gasteiger charge is 2.55. The van der Waals surface area contributed by atoms with E-state index in [4.69, 9.17) is 14.0 Å². The fourth-order valence-corrected chi connectivity index (χ4v) is 4.47. The van der Waals surface area contributed by atoms with Crippen LogP contribution in [0.3, 0.4) is 0 Å². The lowest BCUT2D eigenvalue weighted by Gasteiger charge is -2.19. The van der Waals surface area contributed by atoms with E-state index < -0.39 is 18.0 Å². The summed E-state index contributed by atoms with van der Waals surface area (Å²) in [5.74, 6) is 0.945. The highest BCUT2D eigenvalue weighted by atomic mass is 32.2. The molecular formula is C23H22N6O5S. The maximum Gasteiger partial charge on any atom is 0.263 e. The van der Waals surface area contributed by atoms with E-state index in [0.29, 0.717) is 35.2 Å². The number of hydrogen-bond acceptors (Lipinski definition) is 11. The monoisotopic (exact) mass is 494 g/mol. The molecule has 2 aromatic carbocycles. The molecule has 2 atom stereocenters. The molecule has 180 valence electrons. The second-order valence-corrected chi connectivity index (χ2v) is 8.60. The number of aromatic nitrogens is 2. The second-order valence-electron chi connectivity index (χ2n) is 7.72. The van der Waals surface area contributed by atoms with Gasteiger partial charge in [0.1, 0.15) is 6.54 Å². The Morgan fingerprint density at radius 1 is 1.11 bits per heavy atom. The van der Waals surface area contributed by atoms with Gasteiger partial charge in [0.05, 0.1) is 19.4 Å². The van der Waals surface area contributed by atoms with Crippen molar-refractivity contribution in [3.05, 3.63) is 48.4 Å². The Labute approximate surface area is 205 Å². The third-order valence-corrected chi connectivity index (χ3v) is 6.38. The summed E-state index contributed by atoms with van der Waals surface area (Å²) in [7, 11) is 1.55. The first-order valence-electron chi connectivity index (χ1n) is 10.9. The standard InChI is InChI=1S/C23H22N6O5S/c1-4-33-16-9-8-13(10-17(16)32-2)21-24-18(34-26-21)12-28-20-19(25-27-28)22(30)29(23(20)31)14-6-5-7-15(11-14)35-3/h5-11,19-20H,4,12H2,1-3H3/t19-,20+/m0/s1. The van der Waals surface area contributed by atoms with Crippen LogP contribution in [0, 0.1) is 0 Å². The summed E-state index contributed by atoms with van der Waals surface area (Å²) in [5, 5.41) is 13.5. The molecule has 12 heteroatoms. The molecule has 0 N–H and O–H groups in total. The lowest BCUT2D eigenvalue weighted by atomic mass is 10.1. The van der Waals surface area contributed by atoms with Crippen molar-refractivity contribution < 1.29 is 23.6 Å². The predicted octanol–water partition coefficient (Wildman–Crippen LogP) is 3.36. The van der Waals surface area contributed by atoms with Gasteiger partial charge < -0.3 is 14.0 Å². The van der Waals surface area contributed by atoms with Crippen LogP contribution in [0.1, 0.15) is 12.8 Å². The largest absolute Gasteiger partial charge is 0.493 e. The molecule has 3 aromatic rings. The van der Waals surface area contributed by atoms with Crippen LogP contribution >= 0.6 is 11.8 Å². The van der Waals surface area contributed by atoms with Crippen molar-refractivity contribution in [3.63, 3.8) is 0 Å². The molecule has 3 heterocycles. The van der Waals surface area contributed by atoms with Gasteiger partial charge in [-0.1, -0.05) is 16.4 Å². The van der Waals surface area contributed by atoms with Crippen LogP contribution in [-0.4, -0.2) is 59.0 Å². The predicted molar refractivity (Wildman–Crippen MR) is 126 cm³/mol. The fourth-order valence-electron chi connectivity index (χ4n) is 4.01. The third-order valence-electron chi connectivity index (χ3n) is 5.66. The third kappa shape index (κ3) is 4.09. The first-order valence-corrected chi connectivity index (χ1v) is 12.1. The zero-order valence-electron chi connectivity index (χ0n) is 19.2. The molecule has 35 heavy (non-hydrogen) atoms. The molecule has 1 aromatic heterocycles. The maximum atomic E-state index is 13.2. The summed E-state index contributed by atoms with van der Waals surface area (Å²) in [6.07, 6.45) is 1.93. The van der Waals surface area contributed by atoms with Gasteiger partial charge in [-0.25, -0.2) is 4.90 Å². The minimum Gasteiger partial charge on any atom is -0.493 e. The smallest absolute Gasteiger partial charge is 0.263 e. The number of nitrogens with zero attached hydrogens (tertiary/aromatic N) is 6. The Morgan fingerprint density at radius 3 is 2.74 bits per heavy atom. The molecular weight excluding hydrogens is 472 g/mol. The number of carbonyl (C=O) groups excluding carboxylic acids is 2. The lowest BCUT2D eigenvalue weighted by molar-refractivity contribution is -0.123. The molecule has 2 aliphatic heterocycles. The van der Waals surface area contributed by atoms with Gasteiger partial charge in [0.2, 0.25) is 11.7 Å². The Kier molecular flexibility index (Phi) is 6.12. The van der Waals surface area contributed by atoms with E-state index in [-0.39, 0.29) is 18.3 Å². The van der Waals surface area contributed by atoms with Crippen LogP contribution in [0.2, 0.25) is 0 Å². The Balaban J connectivity index is 1.34. The molecule has 0 aliphatic carbocycles. The van der Waals surface area contributed by atoms with Crippen molar-refractivity contribution in [2.24, 2.45) is 10.3 Å². The molecule has 1 saturated heterocycles. The fraction of sp³-hybridized carbons (Fsp3) is 0.304. The molecule has 1 fully saturated rings. The molecule has 0 radical (unpaired) electrons. The van der Waals surface area contributed by atoms with Gasteiger partial charge >= 0.3 is 0 Å². The zero-order valence-corrected chi connectivity index (χ0v) is 20.1. The van der Waals surface area contributed by atoms with E-state index in [1.165, 1.54) is 21.7 Å². The first kappa shape index (κ1) is 22.8. The number of methoxy groups -OCH3 is 1. The highest BCUT2D eigenvalue weighted by molar-refractivity contribution is 7.98. The van der Waals surface area contributed by atoms with Crippen molar-refractivity contribution in [1.82, 2.24) is 15.1 Å². The Hall–Kier alpha value is -3.93. The molecule has 0 bridgehead atoms. The molecule has 2 aliphatic rings. The van der Waals surface area contributed by atoms with Crippen LogP contribution in [0.15, 0.2) is 62.2 Å². The van der Waals surface area contributed by atoms with Crippen molar-refractivity contribution in [2.75, 3.05) is 24.9 Å². The van der Waals surface area contributed by atoms with Gasteiger partial charge in [0.25, 0.3) is 11.8 Å². The molecule has 0 spiro atoms. The highest BCUT2D eigenvalue weighted by Crippen LogP contribution is 2.35. The average molecular weight is 495 g/mol. The van der Waals surface area contributed by atoms with E-state index in [1.807, 2.05) is 25.3 Å². The molecule has 2 amide bonds. The molecule has 0 unspecified atom stereocenters. The van der Waals surface area contributed by atoms with Gasteiger partial charge in [-0.05, 0) is 49.6 Å². The van der Waals surface area contributed by atoms with E-state index in [1.54, 1.807) is 37.4 Å². The van der Waals surface area contributed by atoms with E-state index >= 15 is 0 Å². The summed E-state index contributed by atoms with van der Waals surface area (Å²) in [4.78, 5) is 32.7. The van der Waals surface area contributed by atoms with Crippen LogP contribution in [0.25, 0.3) is 11.4 Å². The number of fused-ring (bicyclic) bond motifs is 1. The van der Waals surface area contributed by atoms with Crippen LogP contribution in [0.5, 0.6) is 11.5 Å². The number of anilines is 1. The second kappa shape index (κ2) is 9.37. The van der Waals surface area contributed by atoms with Crippen molar-refractivity contribution in [3.8, 4) is 22.9 Å². The van der Waals surface area contributed by atoms with Gasteiger partial charge in [-0.3, -0.25) is 14.6 Å². The minimum absolute atomic E-state index is 0.0313. The summed E-state index contributed by atoms with van der Waals surface area (Å²) < 4.78 is 16.3. The Morgan fingerprint density at radius 2 is 1.97 bits per heavy atom. The number of carbonyl (C=O) groups is 2. The van der Waals surface area contributed by atoms with Gasteiger partial charge in [-0.2, -0.15) is 10.1 Å². The van der Waals surface area contributed by atoms with Crippen LogP contribution < -0.4 is 14.4 Å². The van der Waals surface area contributed by atoms with Crippen LogP contribution in [0.4, 0.5) is 5.69 Å². The summed E-state index contributed by atoms with van der Waals surface area (Å²) in [6, 6.07) is 10.8. The topological polar surface area (TPSA) is 123 Å². The summed E-state index contributed by atoms with van der Waals surface area (Å²) >= 11 is 1.53. The maximum absolute atomic E-state index is 13.2. The Bertz CT molecular complexity index is 1310. The molecule has 11 nitrogen and oxygen atoms in total. The average Bonchev–Trinajstić information content (AvgIpc) is 3.57. The summed E-state index contributed by atoms with van der Waals surface area (Å²) in [6.45, 7) is 2.43. The van der Waals surface area contributed by atoms with Crippen LogP contribution in [-0.2, 0) is 16.1 Å². The number of hydrogen-bond donors (Lipinski definition) is 0. The first-order chi connectivity index (χ1) is 17.0. The van der Waals surface area contributed by atoms with Gasteiger partial charge in [0, 0.05) is 10.5 Å². The van der Waals surface area contributed by atoms with Crippen molar-refractivity contribution in [2.45, 2.75) is 30.4 Å². The zero-order chi connectivity index (χ0) is 24.5. The van der Waals surface area contributed by atoms with E-state index in [9.17, 15) is 9.59 Å². The molecule has 5 rings (SSSR count). The SMILES string of the molecule is CCOc1ccc(-c2noc(CN3N=N[C@@H]4C(=O)N(c5cccc(SC)c5)C(=O)[C@@H]43)n2)cc1OC. The number of thioether (sulfide) groups is 1. The molecule has 0 saturated carbocycles. The van der Waals surface area contributed by atoms with E-state index in [2.05, 4.69) is 20.5 Å². The number of rotatable bonds is 8. The number of imide groups is 1. The van der Waals surface area contributed by atoms with Gasteiger partial charge in [0.15, 0.2) is 23.6 Å².